The minimum absolute atomic E-state index is 0.265. The number of rotatable bonds is 7. The van der Waals surface area contributed by atoms with Gasteiger partial charge in [0.25, 0.3) is 0 Å². The van der Waals surface area contributed by atoms with Gasteiger partial charge >= 0.3 is 0 Å². The lowest BCUT2D eigenvalue weighted by atomic mass is 9.87. The Hall–Kier alpha value is -1.72. The number of hydrogen-bond donors (Lipinski definition) is 3. The van der Waals surface area contributed by atoms with Gasteiger partial charge in [-0.2, -0.15) is 0 Å². The van der Waals surface area contributed by atoms with Gasteiger partial charge in [0.05, 0.1) is 0 Å². The quantitative estimate of drug-likeness (QED) is 0.636. The fourth-order valence-electron chi connectivity index (χ4n) is 2.11. The van der Waals surface area contributed by atoms with Crippen LogP contribution >= 0.6 is 0 Å². The molecule has 1 unspecified atom stereocenters. The Morgan fingerprint density at radius 1 is 1.32 bits per heavy atom. The summed E-state index contributed by atoms with van der Waals surface area (Å²) in [5.41, 5.74) is 0.807. The van der Waals surface area contributed by atoms with Gasteiger partial charge in [0.2, 0.25) is 0 Å². The first kappa shape index (κ1) is 15.3. The highest BCUT2D eigenvalue weighted by atomic mass is 16.3. The van der Waals surface area contributed by atoms with E-state index in [1.807, 2.05) is 0 Å². The molecule has 0 bridgehead atoms. The molecule has 104 valence electrons. The highest BCUT2D eigenvalue weighted by Gasteiger charge is 2.31. The predicted molar refractivity (Wildman–Crippen MR) is 74.6 cm³/mol. The van der Waals surface area contributed by atoms with Crippen molar-refractivity contribution in [3.8, 4) is 0 Å². The number of carbonyl (C=O) groups excluding carboxylic acids is 2. The summed E-state index contributed by atoms with van der Waals surface area (Å²) < 4.78 is 0. The van der Waals surface area contributed by atoms with Crippen LogP contribution in [-0.4, -0.2) is 38.3 Å². The minimum atomic E-state index is -1.56. The number of hydrogen-bond acceptors (Lipinski definition) is 5. The second kappa shape index (κ2) is 6.45. The molecule has 0 aliphatic heterocycles. The fourth-order valence-corrected chi connectivity index (χ4v) is 2.11. The lowest BCUT2D eigenvalue weighted by Gasteiger charge is -2.26. The molecule has 0 heterocycles. The molecule has 0 radical (unpaired) electrons. The summed E-state index contributed by atoms with van der Waals surface area (Å²) >= 11 is 0. The van der Waals surface area contributed by atoms with E-state index in [0.717, 1.165) is 11.8 Å². The summed E-state index contributed by atoms with van der Waals surface area (Å²) in [6.07, 6.45) is 1.57. The molecular formula is C14H20N2O3. The normalized spacial score (nSPS) is 13.7. The molecule has 0 amide bonds. The van der Waals surface area contributed by atoms with Gasteiger partial charge in [-0.3, -0.25) is 9.59 Å². The Bertz CT molecular complexity index is 474. The molecule has 0 aliphatic carbocycles. The van der Waals surface area contributed by atoms with Crippen molar-refractivity contribution in [2.45, 2.75) is 18.9 Å². The number of anilines is 1. The van der Waals surface area contributed by atoms with Gasteiger partial charge < -0.3 is 15.7 Å². The van der Waals surface area contributed by atoms with Crippen molar-refractivity contribution in [2.24, 2.45) is 0 Å². The molecule has 1 rings (SSSR count). The van der Waals surface area contributed by atoms with Crippen molar-refractivity contribution >= 4 is 18.3 Å². The van der Waals surface area contributed by atoms with E-state index in [9.17, 15) is 14.7 Å². The van der Waals surface area contributed by atoms with E-state index in [1.54, 1.807) is 33.2 Å². The Labute approximate surface area is 113 Å². The molecule has 0 aliphatic rings. The third-order valence-electron chi connectivity index (χ3n) is 3.30. The first-order chi connectivity index (χ1) is 9.03. The highest BCUT2D eigenvalue weighted by Crippen LogP contribution is 2.33. The molecule has 0 saturated heterocycles. The zero-order chi connectivity index (χ0) is 14.5. The Balaban J connectivity index is 3.35. The molecule has 3 N–H and O–H groups in total. The largest absolute Gasteiger partial charge is 0.388 e. The zero-order valence-corrected chi connectivity index (χ0v) is 11.5. The molecule has 5 heteroatoms. The number of benzene rings is 1. The van der Waals surface area contributed by atoms with Crippen LogP contribution in [0.25, 0.3) is 0 Å². The second-order valence-electron chi connectivity index (χ2n) is 4.47. The van der Waals surface area contributed by atoms with E-state index in [2.05, 4.69) is 10.6 Å². The Morgan fingerprint density at radius 2 is 2.00 bits per heavy atom. The van der Waals surface area contributed by atoms with Gasteiger partial charge in [0.15, 0.2) is 6.29 Å². The van der Waals surface area contributed by atoms with Gasteiger partial charge in [-0.15, -0.1) is 0 Å². The molecule has 5 nitrogen and oxygen atoms in total. The summed E-state index contributed by atoms with van der Waals surface area (Å²) in [6, 6.07) is 3.24. The number of carbonyl (C=O) groups is 2. The summed E-state index contributed by atoms with van der Waals surface area (Å²) in [5, 5.41) is 16.3. The van der Waals surface area contributed by atoms with Crippen LogP contribution in [0.2, 0.25) is 0 Å². The van der Waals surface area contributed by atoms with Crippen molar-refractivity contribution in [3.05, 3.63) is 28.8 Å². The molecule has 0 saturated carbocycles. The van der Waals surface area contributed by atoms with Crippen molar-refractivity contribution < 1.29 is 14.7 Å². The summed E-state index contributed by atoms with van der Waals surface area (Å²) in [5.74, 6) is 0. The van der Waals surface area contributed by atoms with Crippen molar-refractivity contribution in [1.29, 1.82) is 0 Å². The van der Waals surface area contributed by atoms with Crippen LogP contribution < -0.4 is 10.6 Å². The molecule has 0 spiro atoms. The van der Waals surface area contributed by atoms with Crippen LogP contribution in [0, 0.1) is 6.92 Å². The van der Waals surface area contributed by atoms with E-state index >= 15 is 0 Å². The van der Waals surface area contributed by atoms with E-state index in [1.165, 1.54) is 0 Å². The SMILES string of the molecule is CNCCC(O)(C=O)c1ccc(C=O)c(C)c1NC. The zero-order valence-electron chi connectivity index (χ0n) is 11.5. The van der Waals surface area contributed by atoms with Crippen molar-refractivity contribution in [2.75, 3.05) is 26.0 Å². The lowest BCUT2D eigenvalue weighted by molar-refractivity contribution is -0.125. The first-order valence-corrected chi connectivity index (χ1v) is 6.14. The molecule has 1 atom stereocenters. The van der Waals surface area contributed by atoms with E-state index < -0.39 is 5.60 Å². The average molecular weight is 264 g/mol. The summed E-state index contributed by atoms with van der Waals surface area (Å²) in [6.45, 7) is 2.29. The lowest BCUT2D eigenvalue weighted by Crippen LogP contribution is -2.32. The highest BCUT2D eigenvalue weighted by molar-refractivity contribution is 5.83. The van der Waals surface area contributed by atoms with E-state index in [-0.39, 0.29) is 6.42 Å². The van der Waals surface area contributed by atoms with E-state index in [0.29, 0.717) is 29.6 Å². The maximum Gasteiger partial charge on any atom is 0.156 e. The summed E-state index contributed by atoms with van der Waals surface area (Å²) in [7, 11) is 3.45. The van der Waals surface area contributed by atoms with Gasteiger partial charge in [0.1, 0.15) is 11.9 Å². The number of nitrogens with one attached hydrogen (secondary N) is 2. The molecule has 1 aromatic carbocycles. The number of aliphatic hydroxyl groups is 1. The van der Waals surface area contributed by atoms with Gasteiger partial charge in [-0.05, 0) is 32.5 Å². The van der Waals surface area contributed by atoms with Crippen LogP contribution in [0.4, 0.5) is 5.69 Å². The molecule has 0 aromatic heterocycles. The van der Waals surface area contributed by atoms with Crippen molar-refractivity contribution in [1.82, 2.24) is 5.32 Å². The standard InChI is InChI=1S/C14H20N2O3/c1-10-11(8-17)4-5-12(13(10)16-3)14(19,9-18)6-7-15-2/h4-5,8-9,15-16,19H,6-7H2,1-3H3. The third kappa shape index (κ3) is 3.00. The maximum absolute atomic E-state index is 11.3. The van der Waals surface area contributed by atoms with Gasteiger partial charge in [-0.25, -0.2) is 0 Å². The molecule has 0 fully saturated rings. The van der Waals surface area contributed by atoms with Crippen LogP contribution in [0.1, 0.15) is 27.9 Å². The minimum Gasteiger partial charge on any atom is -0.388 e. The van der Waals surface area contributed by atoms with Crippen LogP contribution in [-0.2, 0) is 10.4 Å². The summed E-state index contributed by atoms with van der Waals surface area (Å²) in [4.78, 5) is 22.2. The smallest absolute Gasteiger partial charge is 0.156 e. The molecular weight excluding hydrogens is 244 g/mol. The van der Waals surface area contributed by atoms with Crippen molar-refractivity contribution in [3.63, 3.8) is 0 Å². The predicted octanol–water partition coefficient (Wildman–Crippen LogP) is 0.845. The second-order valence-corrected chi connectivity index (χ2v) is 4.47. The van der Waals surface area contributed by atoms with Crippen LogP contribution in [0.5, 0.6) is 0 Å². The van der Waals surface area contributed by atoms with Gasteiger partial charge in [0, 0.05) is 23.9 Å². The monoisotopic (exact) mass is 264 g/mol. The molecule has 19 heavy (non-hydrogen) atoms. The van der Waals surface area contributed by atoms with Gasteiger partial charge in [-0.1, -0.05) is 12.1 Å². The average Bonchev–Trinajstić information content (AvgIpc) is 2.44. The Morgan fingerprint density at radius 3 is 2.47 bits per heavy atom. The van der Waals surface area contributed by atoms with Crippen LogP contribution in [0.3, 0.4) is 0 Å². The maximum atomic E-state index is 11.3. The third-order valence-corrected chi connectivity index (χ3v) is 3.30. The Kier molecular flexibility index (Phi) is 5.20. The fraction of sp³-hybridized carbons (Fsp3) is 0.429. The van der Waals surface area contributed by atoms with E-state index in [4.69, 9.17) is 0 Å². The number of aldehydes is 2. The topological polar surface area (TPSA) is 78.4 Å². The first-order valence-electron chi connectivity index (χ1n) is 6.14. The molecule has 1 aromatic rings. The van der Waals surface area contributed by atoms with Crippen LogP contribution in [0.15, 0.2) is 12.1 Å².